The molecule has 0 aliphatic rings. The number of hydrogen-bond acceptors (Lipinski definition) is 0. The highest BCUT2D eigenvalue weighted by Crippen LogP contribution is 2.39. The highest BCUT2D eigenvalue weighted by atomic mass is 28.3. The topological polar surface area (TPSA) is 0 Å². The predicted octanol–water partition coefficient (Wildman–Crippen LogP) is 10.8. The molecule has 224 valence electrons. The van der Waals surface area contributed by atoms with E-state index in [2.05, 4.69) is 177 Å². The predicted molar refractivity (Wildman–Crippen MR) is 200 cm³/mol. The zero-order valence-electron chi connectivity index (χ0n) is 28.6. The van der Waals surface area contributed by atoms with Crippen LogP contribution in [0.25, 0.3) is 32.3 Å². The van der Waals surface area contributed by atoms with Gasteiger partial charge in [-0.05, 0) is 103 Å². The molecule has 6 aromatic rings. The Bertz CT molecular complexity index is 2180. The van der Waals surface area contributed by atoms with Crippen LogP contribution in [0.3, 0.4) is 0 Å². The molecule has 0 atom stereocenters. The first-order valence-electron chi connectivity index (χ1n) is 16.1. The van der Waals surface area contributed by atoms with Crippen LogP contribution in [0.4, 0.5) is 0 Å². The van der Waals surface area contributed by atoms with Crippen LogP contribution in [-0.4, -0.2) is 8.07 Å². The highest BCUT2D eigenvalue weighted by molar-refractivity contribution is 6.90. The van der Waals surface area contributed by atoms with Crippen LogP contribution < -0.4 is 5.19 Å². The van der Waals surface area contributed by atoms with Crippen molar-refractivity contribution in [2.75, 3.05) is 0 Å². The summed E-state index contributed by atoms with van der Waals surface area (Å²) in [6.07, 6.45) is 0. The van der Waals surface area contributed by atoms with Crippen LogP contribution in [-0.2, 0) is 10.8 Å². The summed E-state index contributed by atoms with van der Waals surface area (Å²) in [5, 5.41) is 9.22. The van der Waals surface area contributed by atoms with Gasteiger partial charge in [0.05, 0.1) is 8.07 Å². The molecule has 0 radical (unpaired) electrons. The van der Waals surface area contributed by atoms with Crippen LogP contribution in [0.2, 0.25) is 19.6 Å². The lowest BCUT2D eigenvalue weighted by molar-refractivity contribution is 0.590. The Morgan fingerprint density at radius 3 is 1.31 bits per heavy atom. The molecule has 6 rings (SSSR count). The van der Waals surface area contributed by atoms with Crippen molar-refractivity contribution in [2.45, 2.75) is 78.9 Å². The third-order valence-corrected chi connectivity index (χ3v) is 11.1. The van der Waals surface area contributed by atoms with Crippen LogP contribution in [0.5, 0.6) is 0 Å². The molecule has 0 amide bonds. The molecule has 1 heteroatoms. The van der Waals surface area contributed by atoms with Crippen molar-refractivity contribution in [3.63, 3.8) is 0 Å². The smallest absolute Gasteiger partial charge is 0.0656 e. The standard InChI is InChI=1S/C44H44Si/c1-29-27-32(17-11-30-13-19-34(20-14-30)43(2,3)4)37-25-26-39-40(45(8,9)10)28-33(38-24-23-36(29)41(37)42(38)39)18-12-31-15-21-35(22-16-31)44(5,6)7/h13-16,19-28H,1-10H3. The Kier molecular flexibility index (Phi) is 7.47. The van der Waals surface area contributed by atoms with Gasteiger partial charge in [0.25, 0.3) is 0 Å². The highest BCUT2D eigenvalue weighted by Gasteiger charge is 2.24. The Labute approximate surface area is 271 Å². The molecule has 0 saturated carbocycles. The number of aryl methyl sites for hydroxylation is 1. The number of benzene rings is 6. The van der Waals surface area contributed by atoms with Crippen LogP contribution in [0, 0.1) is 30.6 Å². The van der Waals surface area contributed by atoms with Gasteiger partial charge in [0.2, 0.25) is 0 Å². The Morgan fingerprint density at radius 1 is 0.467 bits per heavy atom. The zero-order chi connectivity index (χ0) is 32.3. The molecule has 0 heterocycles. The third-order valence-electron chi connectivity index (χ3n) is 9.10. The van der Waals surface area contributed by atoms with E-state index < -0.39 is 8.07 Å². The SMILES string of the molecule is Cc1cc(C#Cc2ccc(C(C)(C)C)cc2)c2ccc3c([Si](C)(C)C)cc(C#Cc4ccc(C(C)(C)C)cc4)c4ccc1c2c43. The summed E-state index contributed by atoms with van der Waals surface area (Å²) in [4.78, 5) is 0. The average molecular weight is 601 g/mol. The molecule has 0 aliphatic heterocycles. The van der Waals surface area contributed by atoms with Gasteiger partial charge < -0.3 is 0 Å². The molecule has 45 heavy (non-hydrogen) atoms. The van der Waals surface area contributed by atoms with Gasteiger partial charge in [0.15, 0.2) is 0 Å². The lowest BCUT2D eigenvalue weighted by atomic mass is 9.86. The van der Waals surface area contributed by atoms with Crippen molar-refractivity contribution in [1.29, 1.82) is 0 Å². The molecule has 0 nitrogen and oxygen atoms in total. The summed E-state index contributed by atoms with van der Waals surface area (Å²) < 4.78 is 0. The number of hydrogen-bond donors (Lipinski definition) is 0. The second-order valence-corrected chi connectivity index (χ2v) is 20.7. The molecule has 0 bridgehead atoms. The molecule has 0 saturated heterocycles. The van der Waals surface area contributed by atoms with Crippen molar-refractivity contribution in [3.05, 3.63) is 124 Å². The maximum atomic E-state index is 3.62. The molecule has 0 spiro atoms. The molecule has 0 N–H and O–H groups in total. The van der Waals surface area contributed by atoms with Crippen molar-refractivity contribution < 1.29 is 0 Å². The van der Waals surface area contributed by atoms with Gasteiger partial charge >= 0.3 is 0 Å². The fraction of sp³-hybridized carbons (Fsp3) is 0.273. The Morgan fingerprint density at radius 2 is 0.867 bits per heavy atom. The van der Waals surface area contributed by atoms with E-state index in [4.69, 9.17) is 0 Å². The lowest BCUT2D eigenvalue weighted by Crippen LogP contribution is -2.38. The van der Waals surface area contributed by atoms with E-state index in [9.17, 15) is 0 Å². The fourth-order valence-corrected chi connectivity index (χ4v) is 7.98. The van der Waals surface area contributed by atoms with Crippen molar-refractivity contribution in [1.82, 2.24) is 0 Å². The van der Waals surface area contributed by atoms with Gasteiger partial charge in [-0.1, -0.05) is 139 Å². The van der Waals surface area contributed by atoms with Gasteiger partial charge in [-0.25, -0.2) is 0 Å². The molecule has 0 unspecified atom stereocenters. The van der Waals surface area contributed by atoms with Gasteiger partial charge in [-0.15, -0.1) is 0 Å². The van der Waals surface area contributed by atoms with Crippen LogP contribution in [0.1, 0.15) is 80.5 Å². The molecule has 0 aliphatic carbocycles. The van der Waals surface area contributed by atoms with E-state index in [1.807, 2.05) is 0 Å². The second-order valence-electron chi connectivity index (χ2n) is 15.7. The first-order chi connectivity index (χ1) is 21.1. The minimum Gasteiger partial charge on any atom is -0.0656 e. The first kappa shape index (κ1) is 30.7. The fourth-order valence-electron chi connectivity index (χ4n) is 6.38. The van der Waals surface area contributed by atoms with Crippen molar-refractivity contribution in [2.24, 2.45) is 0 Å². The Balaban J connectivity index is 1.55. The summed E-state index contributed by atoms with van der Waals surface area (Å²) in [5.41, 5.74) is 8.45. The van der Waals surface area contributed by atoms with E-state index in [0.717, 1.165) is 22.3 Å². The average Bonchev–Trinajstić information content (AvgIpc) is 2.97. The molecule has 0 aromatic heterocycles. The van der Waals surface area contributed by atoms with Crippen LogP contribution in [0.15, 0.2) is 84.9 Å². The van der Waals surface area contributed by atoms with Gasteiger partial charge in [-0.2, -0.15) is 0 Å². The molecular weight excluding hydrogens is 557 g/mol. The molecular formula is C44H44Si. The van der Waals surface area contributed by atoms with Crippen LogP contribution >= 0.6 is 0 Å². The largest absolute Gasteiger partial charge is 0.0784 e. The number of rotatable bonds is 1. The normalized spacial score (nSPS) is 12.3. The zero-order valence-corrected chi connectivity index (χ0v) is 29.6. The van der Waals surface area contributed by atoms with E-state index in [1.54, 1.807) is 0 Å². The van der Waals surface area contributed by atoms with Gasteiger partial charge in [0, 0.05) is 22.3 Å². The van der Waals surface area contributed by atoms with Crippen molar-refractivity contribution >= 4 is 45.6 Å². The summed E-state index contributed by atoms with van der Waals surface area (Å²) >= 11 is 0. The van der Waals surface area contributed by atoms with E-state index in [0.29, 0.717) is 0 Å². The molecule has 6 aromatic carbocycles. The maximum Gasteiger partial charge on any atom is 0.0784 e. The van der Waals surface area contributed by atoms with E-state index in [1.165, 1.54) is 54.2 Å². The monoisotopic (exact) mass is 600 g/mol. The Hall–Kier alpha value is -4.30. The quantitative estimate of drug-likeness (QED) is 0.100. The maximum absolute atomic E-state index is 3.62. The van der Waals surface area contributed by atoms with E-state index >= 15 is 0 Å². The third kappa shape index (κ3) is 5.91. The second kappa shape index (κ2) is 10.9. The minimum absolute atomic E-state index is 0.127. The van der Waals surface area contributed by atoms with E-state index in [-0.39, 0.29) is 10.8 Å². The van der Waals surface area contributed by atoms with Crippen molar-refractivity contribution in [3.8, 4) is 23.7 Å². The first-order valence-corrected chi connectivity index (χ1v) is 19.6. The molecule has 0 fully saturated rings. The minimum atomic E-state index is -1.69. The summed E-state index contributed by atoms with van der Waals surface area (Å²) in [5.74, 6) is 14.2. The van der Waals surface area contributed by atoms with Gasteiger partial charge in [-0.3, -0.25) is 0 Å². The summed E-state index contributed by atoms with van der Waals surface area (Å²) in [6.45, 7) is 23.0. The van der Waals surface area contributed by atoms with Gasteiger partial charge in [0.1, 0.15) is 0 Å². The lowest BCUT2D eigenvalue weighted by Gasteiger charge is -2.23. The summed E-state index contributed by atoms with van der Waals surface area (Å²) in [7, 11) is -1.69. The summed E-state index contributed by atoms with van der Waals surface area (Å²) in [6, 6.07) is 31.4.